The zero-order valence-corrected chi connectivity index (χ0v) is 28.1. The third-order valence-electron chi connectivity index (χ3n) is 8.76. The molecule has 2 aromatic carbocycles. The summed E-state index contributed by atoms with van der Waals surface area (Å²) in [4.78, 5) is 22.1. The molecule has 2 aromatic rings. The number of nitrogens with zero attached hydrogens (tertiary/aromatic N) is 3. The van der Waals surface area contributed by atoms with Gasteiger partial charge < -0.3 is 19.9 Å². The lowest BCUT2D eigenvalue weighted by molar-refractivity contribution is 0.0977. The van der Waals surface area contributed by atoms with Gasteiger partial charge in [0.15, 0.2) is 5.78 Å². The van der Waals surface area contributed by atoms with Crippen LogP contribution in [0.2, 0.25) is 5.02 Å². The summed E-state index contributed by atoms with van der Waals surface area (Å²) in [5.41, 5.74) is 3.11. The molecule has 1 unspecified atom stereocenters. The standard InChI is InChI=1S/C27H34ClN3O2.C9H21N/c1-3-4-8-25(32)23-18-21(28)10-11-22(23)20-12-14-30(15-13-20)16-17-31-24-7-5-6-9-26(24)33-19-27(31)29-2;1-4-7-10-8-6-9(3)5-2/h5-7,9-11,18,20H,3-4,8,12-17,19H2,1-2H3;9-10H,4-8H2,1-3H3. The molecule has 2 heterocycles. The Hall–Kier alpha value is -2.41. The zero-order valence-electron chi connectivity index (χ0n) is 27.3. The third kappa shape index (κ3) is 10.9. The van der Waals surface area contributed by atoms with Gasteiger partial charge in [-0.15, -0.1) is 0 Å². The Bertz CT molecular complexity index is 1150. The third-order valence-corrected chi connectivity index (χ3v) is 9.00. The van der Waals surface area contributed by atoms with Crippen LogP contribution in [0, 0.1) is 5.92 Å². The molecule has 0 aromatic heterocycles. The Labute approximate surface area is 266 Å². The normalized spacial score (nSPS) is 17.2. The maximum atomic E-state index is 12.8. The van der Waals surface area contributed by atoms with Crippen molar-refractivity contribution in [3.05, 3.63) is 58.6 Å². The smallest absolute Gasteiger partial charge is 0.163 e. The summed E-state index contributed by atoms with van der Waals surface area (Å²) >= 11 is 6.25. The SMILES string of the molecule is CCCCC(=O)c1cc(Cl)ccc1C1CCN(CCN2C(=NC)COc3ccccc32)CC1.CCCNCCC(C)CC. The second-order valence-electron chi connectivity index (χ2n) is 12.0. The van der Waals surface area contributed by atoms with Crippen LogP contribution in [0.1, 0.15) is 101 Å². The first-order valence-electron chi connectivity index (χ1n) is 16.6. The van der Waals surface area contributed by atoms with Crippen molar-refractivity contribution in [2.45, 2.75) is 85.0 Å². The van der Waals surface area contributed by atoms with Gasteiger partial charge in [-0.25, -0.2) is 0 Å². The molecule has 2 aliphatic heterocycles. The van der Waals surface area contributed by atoms with Crippen molar-refractivity contribution in [1.29, 1.82) is 0 Å². The van der Waals surface area contributed by atoms with Crippen molar-refractivity contribution in [1.82, 2.24) is 10.2 Å². The molecule has 0 saturated carbocycles. The molecule has 0 amide bonds. The Morgan fingerprint density at radius 1 is 1.07 bits per heavy atom. The van der Waals surface area contributed by atoms with E-state index in [1.54, 1.807) is 0 Å². The number of halogens is 1. The molecule has 0 aliphatic carbocycles. The van der Waals surface area contributed by atoms with E-state index in [0.29, 0.717) is 24.0 Å². The van der Waals surface area contributed by atoms with Gasteiger partial charge in [-0.2, -0.15) is 0 Å². The second kappa shape index (κ2) is 19.1. The molecule has 0 spiro atoms. The number of unbranched alkanes of at least 4 members (excludes halogenated alkanes) is 1. The highest BCUT2D eigenvalue weighted by Crippen LogP contribution is 2.34. The quantitative estimate of drug-likeness (QED) is 0.172. The van der Waals surface area contributed by atoms with Gasteiger partial charge in [0.2, 0.25) is 0 Å². The Balaban J connectivity index is 0.000000436. The summed E-state index contributed by atoms with van der Waals surface area (Å²) in [7, 11) is 1.83. The van der Waals surface area contributed by atoms with Crippen molar-refractivity contribution in [2.75, 3.05) is 57.8 Å². The number of hydrogen-bond acceptors (Lipinski definition) is 5. The van der Waals surface area contributed by atoms with Crippen LogP contribution in [0.4, 0.5) is 5.69 Å². The molecule has 2 aliphatic rings. The fourth-order valence-electron chi connectivity index (χ4n) is 5.76. The summed E-state index contributed by atoms with van der Waals surface area (Å²) in [6.07, 6.45) is 8.57. The van der Waals surface area contributed by atoms with Crippen LogP contribution >= 0.6 is 11.6 Å². The molecule has 0 radical (unpaired) electrons. The van der Waals surface area contributed by atoms with Crippen LogP contribution < -0.4 is 15.0 Å². The van der Waals surface area contributed by atoms with Crippen LogP contribution in [0.5, 0.6) is 5.75 Å². The lowest BCUT2D eigenvalue weighted by Gasteiger charge is -2.36. The van der Waals surface area contributed by atoms with Crippen molar-refractivity contribution in [2.24, 2.45) is 10.9 Å². The average molecular weight is 611 g/mol. The molecule has 1 atom stereocenters. The number of piperidine rings is 1. The number of amidine groups is 1. The number of carbonyl (C=O) groups is 1. The number of fused-ring (bicyclic) bond motifs is 1. The molecule has 43 heavy (non-hydrogen) atoms. The zero-order chi connectivity index (χ0) is 31.0. The minimum atomic E-state index is 0.231. The molecule has 238 valence electrons. The lowest BCUT2D eigenvalue weighted by atomic mass is 9.84. The molecular formula is C36H55ClN4O2. The van der Waals surface area contributed by atoms with E-state index >= 15 is 0 Å². The van der Waals surface area contributed by atoms with Gasteiger partial charge in [-0.3, -0.25) is 9.79 Å². The number of ether oxygens (including phenoxy) is 1. The number of rotatable bonds is 14. The Morgan fingerprint density at radius 2 is 1.84 bits per heavy atom. The van der Waals surface area contributed by atoms with Crippen LogP contribution in [0.15, 0.2) is 47.5 Å². The fourth-order valence-corrected chi connectivity index (χ4v) is 5.93. The number of carbonyl (C=O) groups excluding carboxylic acids is 1. The minimum absolute atomic E-state index is 0.231. The molecule has 1 N–H and O–H groups in total. The summed E-state index contributed by atoms with van der Waals surface area (Å²) in [5.74, 6) is 3.43. The van der Waals surface area contributed by atoms with E-state index in [4.69, 9.17) is 16.3 Å². The summed E-state index contributed by atoms with van der Waals surface area (Å²) in [5, 5.41) is 4.05. The van der Waals surface area contributed by atoms with E-state index in [0.717, 1.165) is 80.6 Å². The number of ketones is 1. The van der Waals surface area contributed by atoms with E-state index < -0.39 is 0 Å². The van der Waals surface area contributed by atoms with E-state index in [1.165, 1.54) is 37.9 Å². The maximum Gasteiger partial charge on any atom is 0.163 e. The van der Waals surface area contributed by atoms with Crippen LogP contribution in [0.25, 0.3) is 0 Å². The Kier molecular flexibility index (Phi) is 15.6. The summed E-state index contributed by atoms with van der Waals surface area (Å²) in [6.45, 7) is 15.7. The van der Waals surface area contributed by atoms with Gasteiger partial charge in [0.25, 0.3) is 0 Å². The molecule has 4 rings (SSSR count). The van der Waals surface area contributed by atoms with Gasteiger partial charge in [0.05, 0.1) is 5.69 Å². The van der Waals surface area contributed by atoms with Crippen LogP contribution in [-0.2, 0) is 0 Å². The average Bonchev–Trinajstić information content (AvgIpc) is 3.04. The van der Waals surface area contributed by atoms with Gasteiger partial charge in [-0.05, 0) is 99.9 Å². The fraction of sp³-hybridized carbons (Fsp3) is 0.611. The monoisotopic (exact) mass is 610 g/mol. The van der Waals surface area contributed by atoms with Gasteiger partial charge >= 0.3 is 0 Å². The number of likely N-dealkylation sites (tertiary alicyclic amines) is 1. The minimum Gasteiger partial charge on any atom is -0.484 e. The summed E-state index contributed by atoms with van der Waals surface area (Å²) in [6, 6.07) is 14.1. The lowest BCUT2D eigenvalue weighted by Crippen LogP contribution is -2.45. The van der Waals surface area contributed by atoms with E-state index in [1.807, 2.05) is 37.4 Å². The maximum absolute atomic E-state index is 12.8. The van der Waals surface area contributed by atoms with Crippen LogP contribution in [-0.4, -0.2) is 69.4 Å². The van der Waals surface area contributed by atoms with Gasteiger partial charge in [-0.1, -0.05) is 70.3 Å². The molecule has 1 fully saturated rings. The number of anilines is 1. The predicted octanol–water partition coefficient (Wildman–Crippen LogP) is 8.24. The molecule has 0 bridgehead atoms. The van der Waals surface area contributed by atoms with Crippen molar-refractivity contribution >= 4 is 28.9 Å². The number of benzene rings is 2. The highest BCUT2D eigenvalue weighted by Gasteiger charge is 2.27. The largest absolute Gasteiger partial charge is 0.484 e. The Morgan fingerprint density at radius 3 is 2.53 bits per heavy atom. The topological polar surface area (TPSA) is 57.2 Å². The number of nitrogens with one attached hydrogen (secondary N) is 1. The molecular weight excluding hydrogens is 556 g/mol. The predicted molar refractivity (Wildman–Crippen MR) is 184 cm³/mol. The second-order valence-corrected chi connectivity index (χ2v) is 12.4. The van der Waals surface area contributed by atoms with E-state index in [-0.39, 0.29) is 5.78 Å². The first kappa shape index (κ1) is 35.1. The van der Waals surface area contributed by atoms with Crippen molar-refractivity contribution in [3.8, 4) is 5.75 Å². The van der Waals surface area contributed by atoms with Crippen LogP contribution in [0.3, 0.4) is 0 Å². The number of hydrogen-bond donors (Lipinski definition) is 1. The van der Waals surface area contributed by atoms with E-state index in [9.17, 15) is 4.79 Å². The summed E-state index contributed by atoms with van der Waals surface area (Å²) < 4.78 is 5.85. The van der Waals surface area contributed by atoms with Gasteiger partial charge in [0, 0.05) is 37.1 Å². The van der Waals surface area contributed by atoms with Gasteiger partial charge in [0.1, 0.15) is 18.2 Å². The number of aliphatic imine (C=N–C) groups is 1. The highest BCUT2D eigenvalue weighted by molar-refractivity contribution is 6.31. The molecule has 1 saturated heterocycles. The highest BCUT2D eigenvalue weighted by atomic mass is 35.5. The number of para-hydroxylation sites is 2. The number of Topliss-reactive ketones (excluding diaryl/α,β-unsaturated/α-hetero) is 1. The molecule has 7 heteroatoms. The van der Waals surface area contributed by atoms with E-state index in [2.05, 4.69) is 59.9 Å². The first-order valence-corrected chi connectivity index (χ1v) is 17.0. The van der Waals surface area contributed by atoms with Crippen molar-refractivity contribution < 1.29 is 9.53 Å². The first-order chi connectivity index (χ1) is 20.9. The molecule has 6 nitrogen and oxygen atoms in total. The van der Waals surface area contributed by atoms with Crippen molar-refractivity contribution in [3.63, 3.8) is 0 Å².